The second-order valence-electron chi connectivity index (χ2n) is 5.72. The first-order valence-corrected chi connectivity index (χ1v) is 8.99. The van der Waals surface area contributed by atoms with Gasteiger partial charge in [0.05, 0.1) is 0 Å². The fourth-order valence-corrected chi connectivity index (χ4v) is 3.37. The summed E-state index contributed by atoms with van der Waals surface area (Å²) in [5.74, 6) is -0.366. The number of ketones is 1. The molecule has 0 radical (unpaired) electrons. The van der Waals surface area contributed by atoms with E-state index in [0.29, 0.717) is 24.2 Å². The van der Waals surface area contributed by atoms with Crippen LogP contribution in [-0.2, 0) is 4.79 Å². The van der Waals surface area contributed by atoms with Crippen LogP contribution in [0.25, 0.3) is 0 Å². The number of Topliss-reactive ketones (excluding diaryl/α,β-unsaturated/α-hetero) is 1. The zero-order valence-electron chi connectivity index (χ0n) is 14.4. The highest BCUT2D eigenvalue weighted by atomic mass is 32.1. The number of hydrogen-bond acceptors (Lipinski definition) is 4. The number of aryl methyl sites for hydroxylation is 2. The van der Waals surface area contributed by atoms with Gasteiger partial charge in [-0.25, -0.2) is 0 Å². The van der Waals surface area contributed by atoms with Crippen LogP contribution in [0.4, 0.5) is 0 Å². The molecule has 2 N–H and O–H groups in total. The van der Waals surface area contributed by atoms with Crippen molar-refractivity contribution >= 4 is 28.9 Å². The Labute approximate surface area is 151 Å². The third-order valence-corrected chi connectivity index (χ3v) is 4.66. The number of rotatable bonds is 8. The molecule has 2 aromatic rings. The number of benzene rings is 1. The molecule has 0 saturated carbocycles. The second kappa shape index (κ2) is 9.13. The van der Waals surface area contributed by atoms with Crippen LogP contribution >= 0.6 is 11.3 Å². The van der Waals surface area contributed by atoms with Crippen LogP contribution in [0.3, 0.4) is 0 Å². The van der Waals surface area contributed by atoms with E-state index in [1.54, 1.807) is 35.6 Å². The van der Waals surface area contributed by atoms with E-state index in [1.165, 1.54) is 0 Å². The molecule has 0 saturated heterocycles. The maximum atomic E-state index is 12.1. The van der Waals surface area contributed by atoms with Crippen molar-refractivity contribution < 1.29 is 14.4 Å². The largest absolute Gasteiger partial charge is 0.354 e. The van der Waals surface area contributed by atoms with Crippen molar-refractivity contribution in [2.45, 2.75) is 26.7 Å². The Bertz CT molecular complexity index is 753. The van der Waals surface area contributed by atoms with E-state index >= 15 is 0 Å². The molecule has 132 valence electrons. The van der Waals surface area contributed by atoms with Crippen LogP contribution in [0.5, 0.6) is 0 Å². The molecular formula is C19H22N2O3S. The van der Waals surface area contributed by atoms with Crippen molar-refractivity contribution in [2.75, 3.05) is 13.1 Å². The van der Waals surface area contributed by atoms with Crippen LogP contribution in [0.15, 0.2) is 36.4 Å². The lowest BCUT2D eigenvalue weighted by Crippen LogP contribution is -2.34. The maximum Gasteiger partial charge on any atom is 0.251 e. The molecule has 6 heteroatoms. The molecule has 0 atom stereocenters. The molecular weight excluding hydrogens is 336 g/mol. The second-order valence-corrected chi connectivity index (χ2v) is 7.18. The summed E-state index contributed by atoms with van der Waals surface area (Å²) < 4.78 is 0. The summed E-state index contributed by atoms with van der Waals surface area (Å²) >= 11 is 1.59. The Hall–Kier alpha value is -2.47. The molecule has 0 fully saturated rings. The van der Waals surface area contributed by atoms with Gasteiger partial charge in [0.2, 0.25) is 5.91 Å². The van der Waals surface area contributed by atoms with Crippen molar-refractivity contribution in [2.24, 2.45) is 0 Å². The van der Waals surface area contributed by atoms with E-state index in [2.05, 4.69) is 10.6 Å². The highest BCUT2D eigenvalue weighted by molar-refractivity contribution is 7.12. The fraction of sp³-hybridized carbons (Fsp3) is 0.316. The fourth-order valence-electron chi connectivity index (χ4n) is 2.43. The van der Waals surface area contributed by atoms with Gasteiger partial charge in [0.25, 0.3) is 5.91 Å². The minimum Gasteiger partial charge on any atom is -0.354 e. The lowest BCUT2D eigenvalue weighted by molar-refractivity contribution is -0.121. The number of hydrogen-bond donors (Lipinski definition) is 2. The molecule has 0 unspecified atom stereocenters. The predicted molar refractivity (Wildman–Crippen MR) is 99.1 cm³/mol. The molecule has 0 aliphatic heterocycles. The monoisotopic (exact) mass is 358 g/mol. The van der Waals surface area contributed by atoms with Crippen LogP contribution in [0.1, 0.15) is 43.3 Å². The molecule has 1 aromatic carbocycles. The Morgan fingerprint density at radius 1 is 0.960 bits per heavy atom. The summed E-state index contributed by atoms with van der Waals surface area (Å²) in [4.78, 5) is 37.9. The van der Waals surface area contributed by atoms with Crippen LogP contribution in [0.2, 0.25) is 0 Å². The van der Waals surface area contributed by atoms with E-state index in [-0.39, 0.29) is 30.4 Å². The summed E-state index contributed by atoms with van der Waals surface area (Å²) in [6.45, 7) is 4.56. The van der Waals surface area contributed by atoms with Gasteiger partial charge in [0.1, 0.15) is 0 Å². The quantitative estimate of drug-likeness (QED) is 0.563. The van der Waals surface area contributed by atoms with Crippen LogP contribution in [-0.4, -0.2) is 30.7 Å². The van der Waals surface area contributed by atoms with E-state index in [4.69, 9.17) is 0 Å². The summed E-state index contributed by atoms with van der Waals surface area (Å²) in [6.07, 6.45) is 0.346. The maximum absolute atomic E-state index is 12.1. The van der Waals surface area contributed by atoms with Gasteiger partial charge in [0.15, 0.2) is 5.78 Å². The van der Waals surface area contributed by atoms with Gasteiger partial charge < -0.3 is 10.6 Å². The van der Waals surface area contributed by atoms with Crippen LogP contribution < -0.4 is 10.6 Å². The number of thiophene rings is 1. The molecule has 5 nitrogen and oxygen atoms in total. The molecule has 2 amide bonds. The van der Waals surface area contributed by atoms with E-state index in [0.717, 1.165) is 9.75 Å². The SMILES string of the molecule is Cc1cc(C(=O)CCC(=O)NCCNC(=O)c2ccccc2)c(C)s1. The first-order valence-electron chi connectivity index (χ1n) is 8.17. The summed E-state index contributed by atoms with van der Waals surface area (Å²) in [6, 6.07) is 10.8. The lowest BCUT2D eigenvalue weighted by Gasteiger charge is -2.07. The summed E-state index contributed by atoms with van der Waals surface area (Å²) in [5, 5.41) is 5.45. The third-order valence-electron chi connectivity index (χ3n) is 3.69. The van der Waals surface area contributed by atoms with Gasteiger partial charge in [-0.15, -0.1) is 11.3 Å². The first-order chi connectivity index (χ1) is 12.0. The minimum atomic E-state index is -0.188. The Balaban J connectivity index is 1.65. The van der Waals surface area contributed by atoms with E-state index in [9.17, 15) is 14.4 Å². The Morgan fingerprint density at radius 3 is 2.28 bits per heavy atom. The number of carbonyl (C=O) groups is 3. The van der Waals surface area contributed by atoms with Gasteiger partial charge in [-0.05, 0) is 32.0 Å². The van der Waals surface area contributed by atoms with Crippen molar-refractivity contribution in [1.29, 1.82) is 0 Å². The minimum absolute atomic E-state index is 0.00520. The van der Waals surface area contributed by atoms with Crippen molar-refractivity contribution in [3.63, 3.8) is 0 Å². The van der Waals surface area contributed by atoms with Gasteiger partial charge >= 0.3 is 0 Å². The van der Waals surface area contributed by atoms with Crippen molar-refractivity contribution in [1.82, 2.24) is 10.6 Å². The molecule has 25 heavy (non-hydrogen) atoms. The third kappa shape index (κ3) is 5.83. The summed E-state index contributed by atoms with van der Waals surface area (Å²) in [7, 11) is 0. The lowest BCUT2D eigenvalue weighted by atomic mass is 10.1. The van der Waals surface area contributed by atoms with Gasteiger partial charge in [-0.2, -0.15) is 0 Å². The highest BCUT2D eigenvalue weighted by Gasteiger charge is 2.13. The van der Waals surface area contributed by atoms with Gasteiger partial charge in [0, 0.05) is 46.8 Å². The number of amides is 2. The molecule has 0 bridgehead atoms. The van der Waals surface area contributed by atoms with Crippen molar-refractivity contribution in [3.05, 3.63) is 57.3 Å². The molecule has 0 spiro atoms. The van der Waals surface area contributed by atoms with Gasteiger partial charge in [-0.1, -0.05) is 18.2 Å². The Kier molecular flexibility index (Phi) is 6.89. The smallest absolute Gasteiger partial charge is 0.251 e. The molecule has 2 rings (SSSR count). The topological polar surface area (TPSA) is 75.3 Å². The standard InChI is InChI=1S/C19H22N2O3S/c1-13-12-16(14(2)25-13)17(22)8-9-18(23)20-10-11-21-19(24)15-6-4-3-5-7-15/h3-7,12H,8-11H2,1-2H3,(H,20,23)(H,21,24). The zero-order valence-corrected chi connectivity index (χ0v) is 15.2. The average molecular weight is 358 g/mol. The molecule has 1 aromatic heterocycles. The van der Waals surface area contributed by atoms with E-state index in [1.807, 2.05) is 26.0 Å². The van der Waals surface area contributed by atoms with Crippen molar-refractivity contribution in [3.8, 4) is 0 Å². The average Bonchev–Trinajstić information content (AvgIpc) is 2.95. The highest BCUT2D eigenvalue weighted by Crippen LogP contribution is 2.22. The molecule has 0 aliphatic rings. The predicted octanol–water partition coefficient (Wildman–Crippen LogP) is 2.87. The normalized spacial score (nSPS) is 10.3. The summed E-state index contributed by atoms with van der Waals surface area (Å²) in [5.41, 5.74) is 1.30. The van der Waals surface area contributed by atoms with Gasteiger partial charge in [-0.3, -0.25) is 14.4 Å². The Morgan fingerprint density at radius 2 is 1.64 bits per heavy atom. The number of carbonyl (C=O) groups excluding carboxylic acids is 3. The zero-order chi connectivity index (χ0) is 18.2. The molecule has 1 heterocycles. The van der Waals surface area contributed by atoms with E-state index < -0.39 is 0 Å². The first kappa shape index (κ1) is 18.9. The van der Waals surface area contributed by atoms with Crippen LogP contribution in [0, 0.1) is 13.8 Å². The number of nitrogens with one attached hydrogen (secondary N) is 2. The molecule has 0 aliphatic carbocycles.